The molecule has 0 unspecified atom stereocenters. The lowest BCUT2D eigenvalue weighted by Crippen LogP contribution is -2.43. The maximum absolute atomic E-state index is 13.5. The van der Waals surface area contributed by atoms with Crippen LogP contribution in [0.4, 0.5) is 0 Å². The van der Waals surface area contributed by atoms with Gasteiger partial charge >= 0.3 is 0 Å². The molecule has 0 spiro atoms. The second kappa shape index (κ2) is 12.9. The Morgan fingerprint density at radius 1 is 1.08 bits per heavy atom. The van der Waals surface area contributed by atoms with Gasteiger partial charge in [-0.25, -0.2) is 5.84 Å². The lowest BCUT2D eigenvalue weighted by atomic mass is 10.1. The average molecular weight is 513 g/mol. The van der Waals surface area contributed by atoms with E-state index in [2.05, 4.69) is 15.6 Å². The number of methoxy groups -OCH3 is 2. The third kappa shape index (κ3) is 6.61. The van der Waals surface area contributed by atoms with Crippen molar-refractivity contribution >= 4 is 11.8 Å². The first kappa shape index (κ1) is 26.9. The summed E-state index contributed by atoms with van der Waals surface area (Å²) in [6.45, 7) is 2.93. The zero-order chi connectivity index (χ0) is 26.2. The molecule has 2 heterocycles. The van der Waals surface area contributed by atoms with Gasteiger partial charge in [-0.15, -0.1) is 0 Å². The number of aromatic nitrogens is 2. The van der Waals surface area contributed by atoms with E-state index in [4.69, 9.17) is 20.4 Å². The van der Waals surface area contributed by atoms with E-state index in [1.165, 1.54) is 19.3 Å². The van der Waals surface area contributed by atoms with E-state index in [-0.39, 0.29) is 30.3 Å². The standard InChI is InChI=1S/C27H40N6O4/c1-36-23-11-8-12-24(37-2)26(23)22-18-21(31-33(22)20-9-4-5-10-20)27(35)29-19(17-25(34)30-28)13-16-32-14-6-3-7-15-32/h8,11-12,18-20H,3-7,9-10,13-17,28H2,1-2H3,(H,29,35)(H,30,34)/t19-/m0/s1. The van der Waals surface area contributed by atoms with Crippen LogP contribution >= 0.6 is 0 Å². The fourth-order valence-corrected chi connectivity index (χ4v) is 5.51. The smallest absolute Gasteiger partial charge is 0.272 e. The number of amides is 2. The molecule has 1 saturated heterocycles. The van der Waals surface area contributed by atoms with Gasteiger partial charge in [-0.2, -0.15) is 5.10 Å². The van der Waals surface area contributed by atoms with Crippen molar-refractivity contribution in [1.29, 1.82) is 0 Å². The summed E-state index contributed by atoms with van der Waals surface area (Å²) >= 11 is 0. The van der Waals surface area contributed by atoms with Crippen molar-refractivity contribution in [2.75, 3.05) is 33.9 Å². The number of carbonyl (C=O) groups excluding carboxylic acids is 2. The Labute approximate surface area is 218 Å². The minimum Gasteiger partial charge on any atom is -0.496 e. The maximum atomic E-state index is 13.5. The largest absolute Gasteiger partial charge is 0.496 e. The van der Waals surface area contributed by atoms with E-state index >= 15 is 0 Å². The Hall–Kier alpha value is -3.11. The number of benzene rings is 1. The molecule has 0 radical (unpaired) electrons. The van der Waals surface area contributed by atoms with Gasteiger partial charge in [0.15, 0.2) is 5.69 Å². The van der Waals surface area contributed by atoms with Crippen LogP contribution < -0.4 is 26.1 Å². The average Bonchev–Trinajstić information content (AvgIpc) is 3.62. The Balaban J connectivity index is 1.60. The van der Waals surface area contributed by atoms with Crippen LogP contribution in [0.5, 0.6) is 11.5 Å². The fraction of sp³-hybridized carbons (Fsp3) is 0.593. The van der Waals surface area contributed by atoms with Crippen LogP contribution in [-0.2, 0) is 4.79 Å². The van der Waals surface area contributed by atoms with E-state index < -0.39 is 0 Å². The second-order valence-corrected chi connectivity index (χ2v) is 9.97. The van der Waals surface area contributed by atoms with Gasteiger partial charge in [0.05, 0.1) is 31.5 Å². The first-order valence-corrected chi connectivity index (χ1v) is 13.4. The molecule has 2 aliphatic rings. The van der Waals surface area contributed by atoms with Gasteiger partial charge < -0.3 is 19.7 Å². The number of piperidine rings is 1. The van der Waals surface area contributed by atoms with Crippen molar-refractivity contribution < 1.29 is 19.1 Å². The van der Waals surface area contributed by atoms with Crippen molar-refractivity contribution in [2.24, 2.45) is 5.84 Å². The molecule has 10 heteroatoms. The van der Waals surface area contributed by atoms with Crippen LogP contribution in [0.3, 0.4) is 0 Å². The summed E-state index contributed by atoms with van der Waals surface area (Å²) < 4.78 is 13.3. The van der Waals surface area contributed by atoms with E-state index in [9.17, 15) is 9.59 Å². The topological polar surface area (TPSA) is 124 Å². The Morgan fingerprint density at radius 2 is 1.76 bits per heavy atom. The van der Waals surface area contributed by atoms with Crippen LogP contribution in [0.2, 0.25) is 0 Å². The zero-order valence-electron chi connectivity index (χ0n) is 22.0. The number of hydrazine groups is 1. The van der Waals surface area contributed by atoms with E-state index in [0.717, 1.165) is 56.6 Å². The van der Waals surface area contributed by atoms with Crippen LogP contribution in [0.25, 0.3) is 11.3 Å². The van der Waals surface area contributed by atoms with Crippen LogP contribution in [0.15, 0.2) is 24.3 Å². The Morgan fingerprint density at radius 3 is 2.38 bits per heavy atom. The highest BCUT2D eigenvalue weighted by Crippen LogP contribution is 2.41. The number of carbonyl (C=O) groups is 2. The van der Waals surface area contributed by atoms with Gasteiger partial charge in [-0.3, -0.25) is 19.7 Å². The molecule has 202 valence electrons. The fourth-order valence-electron chi connectivity index (χ4n) is 5.51. The molecule has 1 aromatic carbocycles. The lowest BCUT2D eigenvalue weighted by Gasteiger charge is -2.28. The quantitative estimate of drug-likeness (QED) is 0.240. The number of ether oxygens (including phenoxy) is 2. The summed E-state index contributed by atoms with van der Waals surface area (Å²) in [4.78, 5) is 28.0. The third-order valence-corrected chi connectivity index (χ3v) is 7.49. The molecule has 1 aliphatic carbocycles. The summed E-state index contributed by atoms with van der Waals surface area (Å²) in [6, 6.07) is 7.29. The summed E-state index contributed by atoms with van der Waals surface area (Å²) in [5.74, 6) is 6.05. The second-order valence-electron chi connectivity index (χ2n) is 9.97. The molecule has 10 nitrogen and oxygen atoms in total. The molecule has 1 saturated carbocycles. The van der Waals surface area contributed by atoms with Gasteiger partial charge in [-0.1, -0.05) is 25.3 Å². The van der Waals surface area contributed by atoms with Gasteiger partial charge in [0, 0.05) is 19.0 Å². The van der Waals surface area contributed by atoms with Crippen molar-refractivity contribution in [1.82, 2.24) is 25.4 Å². The lowest BCUT2D eigenvalue weighted by molar-refractivity contribution is -0.121. The molecular weight excluding hydrogens is 472 g/mol. The first-order chi connectivity index (χ1) is 18.0. The van der Waals surface area contributed by atoms with Crippen LogP contribution in [0, 0.1) is 0 Å². The monoisotopic (exact) mass is 512 g/mol. The molecule has 37 heavy (non-hydrogen) atoms. The number of nitrogens with zero attached hydrogens (tertiary/aromatic N) is 3. The first-order valence-electron chi connectivity index (χ1n) is 13.4. The van der Waals surface area contributed by atoms with Crippen LogP contribution in [-0.4, -0.2) is 66.4 Å². The number of likely N-dealkylation sites (tertiary alicyclic amines) is 1. The molecule has 4 rings (SSSR count). The number of nitrogens with one attached hydrogen (secondary N) is 2. The van der Waals surface area contributed by atoms with Gasteiger partial charge in [0.1, 0.15) is 11.5 Å². The number of rotatable bonds is 11. The summed E-state index contributed by atoms with van der Waals surface area (Å²) in [7, 11) is 3.25. The van der Waals surface area contributed by atoms with Crippen LogP contribution in [0.1, 0.15) is 74.3 Å². The third-order valence-electron chi connectivity index (χ3n) is 7.49. The highest BCUT2D eigenvalue weighted by Gasteiger charge is 2.28. The molecule has 2 amide bonds. The van der Waals surface area contributed by atoms with Crippen molar-refractivity contribution in [3.8, 4) is 22.8 Å². The number of hydrogen-bond donors (Lipinski definition) is 3. The van der Waals surface area contributed by atoms with Gasteiger partial charge in [0.2, 0.25) is 5.91 Å². The molecule has 1 atom stereocenters. The van der Waals surface area contributed by atoms with Crippen molar-refractivity contribution in [2.45, 2.75) is 69.9 Å². The number of hydrogen-bond acceptors (Lipinski definition) is 7. The molecule has 2 aromatic rings. The van der Waals surface area contributed by atoms with Crippen molar-refractivity contribution in [3.63, 3.8) is 0 Å². The normalized spacial score (nSPS) is 17.4. The Bertz CT molecular complexity index is 1040. The summed E-state index contributed by atoms with van der Waals surface area (Å²) in [5.41, 5.74) is 4.06. The Kier molecular flexibility index (Phi) is 9.40. The maximum Gasteiger partial charge on any atom is 0.272 e. The van der Waals surface area contributed by atoms with E-state index in [1.807, 2.05) is 22.9 Å². The van der Waals surface area contributed by atoms with Crippen molar-refractivity contribution in [3.05, 3.63) is 30.0 Å². The minimum atomic E-state index is -0.348. The molecule has 1 aliphatic heterocycles. The number of nitrogens with two attached hydrogens (primary N) is 1. The van der Waals surface area contributed by atoms with E-state index in [0.29, 0.717) is 23.6 Å². The molecular formula is C27H40N6O4. The summed E-state index contributed by atoms with van der Waals surface area (Å²) in [6.07, 6.45) is 8.67. The SMILES string of the molecule is COc1cccc(OC)c1-c1cc(C(=O)N[C@@H](CCN2CCCCC2)CC(=O)NN)nn1C1CCCC1. The predicted octanol–water partition coefficient (Wildman–Crippen LogP) is 3.04. The molecule has 1 aromatic heterocycles. The highest BCUT2D eigenvalue weighted by atomic mass is 16.5. The summed E-state index contributed by atoms with van der Waals surface area (Å²) in [5, 5.41) is 7.84. The van der Waals surface area contributed by atoms with Gasteiger partial charge in [-0.05, 0) is 63.4 Å². The van der Waals surface area contributed by atoms with Gasteiger partial charge in [0.25, 0.3) is 5.91 Å². The zero-order valence-corrected chi connectivity index (χ0v) is 22.0. The highest BCUT2D eigenvalue weighted by molar-refractivity contribution is 5.94. The molecule has 0 bridgehead atoms. The molecule has 2 fully saturated rings. The predicted molar refractivity (Wildman–Crippen MR) is 141 cm³/mol. The molecule has 4 N–H and O–H groups in total. The minimum absolute atomic E-state index is 0.118. The van der Waals surface area contributed by atoms with E-state index in [1.54, 1.807) is 20.3 Å².